The Bertz CT molecular complexity index is 609. The van der Waals surface area contributed by atoms with E-state index >= 15 is 0 Å². The number of fused-ring (bicyclic) bond motifs is 1. The molecule has 19 heavy (non-hydrogen) atoms. The fourth-order valence-electron chi connectivity index (χ4n) is 2.59. The predicted octanol–water partition coefficient (Wildman–Crippen LogP) is 3.57. The molecule has 3 heteroatoms. The summed E-state index contributed by atoms with van der Waals surface area (Å²) in [7, 11) is 0. The highest BCUT2D eigenvalue weighted by molar-refractivity contribution is 5.70. The van der Waals surface area contributed by atoms with Crippen LogP contribution in [0.2, 0.25) is 0 Å². The summed E-state index contributed by atoms with van der Waals surface area (Å²) < 4.78 is 14.2. The van der Waals surface area contributed by atoms with Crippen LogP contribution < -0.4 is 4.90 Å². The molecule has 3 rings (SSSR count). The molecule has 98 valence electrons. The third-order valence-electron chi connectivity index (χ3n) is 3.63. The number of benzene rings is 2. The topological polar surface area (TPSA) is 23.5 Å². The molecule has 0 fully saturated rings. The zero-order chi connectivity index (χ0) is 13.4. The van der Waals surface area contributed by atoms with Gasteiger partial charge in [0.05, 0.1) is 11.8 Å². The van der Waals surface area contributed by atoms with Gasteiger partial charge < -0.3 is 10.0 Å². The number of nitrogens with zero attached hydrogens (tertiary/aromatic N) is 1. The van der Waals surface area contributed by atoms with Crippen molar-refractivity contribution in [3.05, 3.63) is 59.4 Å². The van der Waals surface area contributed by atoms with Crippen LogP contribution in [0.15, 0.2) is 42.5 Å². The largest absolute Gasteiger partial charge is 0.389 e. The van der Waals surface area contributed by atoms with E-state index in [9.17, 15) is 9.50 Å². The van der Waals surface area contributed by atoms with E-state index in [0.717, 1.165) is 18.7 Å². The van der Waals surface area contributed by atoms with E-state index in [0.29, 0.717) is 11.3 Å². The molecule has 0 aliphatic carbocycles. The second kappa shape index (κ2) is 4.67. The molecule has 1 N–H and O–H groups in total. The van der Waals surface area contributed by atoms with E-state index in [-0.39, 0.29) is 5.82 Å². The maximum Gasteiger partial charge on any atom is 0.147 e. The molecule has 2 aromatic rings. The van der Waals surface area contributed by atoms with Crippen molar-refractivity contribution in [3.8, 4) is 0 Å². The molecule has 1 atom stereocenters. The average molecular weight is 257 g/mol. The molecule has 0 spiro atoms. The zero-order valence-electron chi connectivity index (χ0n) is 10.8. The van der Waals surface area contributed by atoms with Crippen molar-refractivity contribution in [1.29, 1.82) is 0 Å². The predicted molar refractivity (Wildman–Crippen MR) is 74.2 cm³/mol. The van der Waals surface area contributed by atoms with E-state index in [1.807, 2.05) is 23.1 Å². The molecule has 1 aliphatic rings. The van der Waals surface area contributed by atoms with Gasteiger partial charge in [-0.25, -0.2) is 4.39 Å². The Morgan fingerprint density at radius 3 is 2.68 bits per heavy atom. The molecule has 0 amide bonds. The quantitative estimate of drug-likeness (QED) is 0.889. The summed E-state index contributed by atoms with van der Waals surface area (Å²) in [6, 6.07) is 13.0. The summed E-state index contributed by atoms with van der Waals surface area (Å²) in [4.78, 5) is 2.00. The molecule has 0 saturated carbocycles. The van der Waals surface area contributed by atoms with Crippen molar-refractivity contribution < 1.29 is 9.50 Å². The third kappa shape index (κ3) is 2.10. The smallest absolute Gasteiger partial charge is 0.147 e. The molecule has 1 heterocycles. The number of rotatable bonds is 2. The van der Waals surface area contributed by atoms with Gasteiger partial charge in [0.1, 0.15) is 5.82 Å². The molecule has 0 saturated heterocycles. The first-order valence-corrected chi connectivity index (χ1v) is 6.50. The van der Waals surface area contributed by atoms with Gasteiger partial charge in [-0.15, -0.1) is 0 Å². The lowest BCUT2D eigenvalue weighted by Crippen LogP contribution is -2.15. The van der Waals surface area contributed by atoms with Crippen LogP contribution in [0, 0.1) is 5.82 Å². The van der Waals surface area contributed by atoms with Gasteiger partial charge >= 0.3 is 0 Å². The first-order chi connectivity index (χ1) is 9.16. The summed E-state index contributed by atoms with van der Waals surface area (Å²) in [6.07, 6.45) is 0.294. The fraction of sp³-hybridized carbons (Fsp3) is 0.250. The first-order valence-electron chi connectivity index (χ1n) is 6.50. The lowest BCUT2D eigenvalue weighted by molar-refractivity contribution is 0.199. The minimum Gasteiger partial charge on any atom is -0.389 e. The van der Waals surface area contributed by atoms with Crippen LogP contribution in [-0.4, -0.2) is 11.7 Å². The molecular weight excluding hydrogens is 241 g/mol. The minimum absolute atomic E-state index is 0.282. The van der Waals surface area contributed by atoms with E-state index in [4.69, 9.17) is 0 Å². The van der Waals surface area contributed by atoms with Gasteiger partial charge in [-0.05, 0) is 42.7 Å². The van der Waals surface area contributed by atoms with Gasteiger partial charge in [-0.2, -0.15) is 0 Å². The number of anilines is 2. The van der Waals surface area contributed by atoms with Gasteiger partial charge in [0.25, 0.3) is 0 Å². The van der Waals surface area contributed by atoms with E-state index in [1.165, 1.54) is 11.6 Å². The van der Waals surface area contributed by atoms with Gasteiger partial charge in [-0.3, -0.25) is 0 Å². The molecule has 0 unspecified atom stereocenters. The van der Waals surface area contributed by atoms with Crippen molar-refractivity contribution in [2.75, 3.05) is 11.4 Å². The maximum absolute atomic E-state index is 14.2. The Morgan fingerprint density at radius 1 is 1.16 bits per heavy atom. The van der Waals surface area contributed by atoms with Gasteiger partial charge in [0.15, 0.2) is 0 Å². The highest BCUT2D eigenvalue weighted by Gasteiger charge is 2.22. The molecule has 2 nitrogen and oxygen atoms in total. The van der Waals surface area contributed by atoms with Crippen molar-refractivity contribution in [2.45, 2.75) is 19.4 Å². The lowest BCUT2D eigenvalue weighted by Gasteiger charge is -2.21. The zero-order valence-corrected chi connectivity index (χ0v) is 10.8. The number of hydrogen-bond acceptors (Lipinski definition) is 2. The minimum atomic E-state index is -0.644. The lowest BCUT2D eigenvalue weighted by atomic mass is 10.1. The first kappa shape index (κ1) is 12.2. The Hall–Kier alpha value is -1.87. The highest BCUT2D eigenvalue weighted by Crippen LogP contribution is 2.36. The molecular formula is C16H16FNO. The van der Waals surface area contributed by atoms with E-state index in [1.54, 1.807) is 19.1 Å². The average Bonchev–Trinajstić information content (AvgIpc) is 2.82. The standard InChI is InChI=1S/C16H16FNO/c1-11(19)13-6-7-16(14(17)10-13)18-9-8-12-4-2-3-5-15(12)18/h2-7,10-11,19H,8-9H2,1H3/t11-/m1/s1. The van der Waals surface area contributed by atoms with E-state index in [2.05, 4.69) is 6.07 Å². The molecule has 2 aromatic carbocycles. The van der Waals surface area contributed by atoms with Crippen molar-refractivity contribution >= 4 is 11.4 Å². The normalized spacial score (nSPS) is 15.4. The number of hydrogen-bond donors (Lipinski definition) is 1. The highest BCUT2D eigenvalue weighted by atomic mass is 19.1. The van der Waals surface area contributed by atoms with Crippen molar-refractivity contribution in [1.82, 2.24) is 0 Å². The second-order valence-electron chi connectivity index (χ2n) is 4.92. The number of aliphatic hydroxyl groups is 1. The Balaban J connectivity index is 2.00. The number of halogens is 1. The summed E-state index contributed by atoms with van der Waals surface area (Å²) in [6.45, 7) is 2.43. The maximum atomic E-state index is 14.2. The Morgan fingerprint density at radius 2 is 1.95 bits per heavy atom. The van der Waals surface area contributed by atoms with Crippen LogP contribution in [0.1, 0.15) is 24.2 Å². The van der Waals surface area contributed by atoms with E-state index < -0.39 is 6.10 Å². The Labute approximate surface area is 112 Å². The van der Waals surface area contributed by atoms with Gasteiger partial charge in [-0.1, -0.05) is 24.3 Å². The number of para-hydroxylation sites is 1. The summed E-state index contributed by atoms with van der Waals surface area (Å²) in [5.41, 5.74) is 3.51. The van der Waals surface area contributed by atoms with Crippen LogP contribution in [0.3, 0.4) is 0 Å². The van der Waals surface area contributed by atoms with Gasteiger partial charge in [0.2, 0.25) is 0 Å². The van der Waals surface area contributed by atoms with Crippen molar-refractivity contribution in [2.24, 2.45) is 0 Å². The fourth-order valence-corrected chi connectivity index (χ4v) is 2.59. The van der Waals surface area contributed by atoms with Crippen LogP contribution in [0.5, 0.6) is 0 Å². The summed E-state index contributed by atoms with van der Waals surface area (Å²) >= 11 is 0. The molecule has 0 aromatic heterocycles. The van der Waals surface area contributed by atoms with Crippen LogP contribution >= 0.6 is 0 Å². The van der Waals surface area contributed by atoms with Crippen LogP contribution in [0.25, 0.3) is 0 Å². The molecule has 0 bridgehead atoms. The SMILES string of the molecule is C[C@@H](O)c1ccc(N2CCc3ccccc32)c(F)c1. The van der Waals surface area contributed by atoms with Crippen LogP contribution in [0.4, 0.5) is 15.8 Å². The molecule has 1 aliphatic heterocycles. The third-order valence-corrected chi connectivity index (χ3v) is 3.63. The molecule has 0 radical (unpaired) electrons. The summed E-state index contributed by atoms with van der Waals surface area (Å²) in [5.74, 6) is -0.282. The number of aliphatic hydroxyl groups excluding tert-OH is 1. The van der Waals surface area contributed by atoms with Crippen molar-refractivity contribution in [3.63, 3.8) is 0 Å². The second-order valence-corrected chi connectivity index (χ2v) is 4.92. The van der Waals surface area contributed by atoms with Crippen LogP contribution in [-0.2, 0) is 6.42 Å². The Kier molecular flexibility index (Phi) is 2.99. The summed E-state index contributed by atoms with van der Waals surface area (Å²) in [5, 5.41) is 9.48. The monoisotopic (exact) mass is 257 g/mol. The van der Waals surface area contributed by atoms with Gasteiger partial charge in [0, 0.05) is 12.2 Å².